The Balaban J connectivity index is 2.14. The Labute approximate surface area is 157 Å². The van der Waals surface area contributed by atoms with Gasteiger partial charge >= 0.3 is 0 Å². The number of carbonyl (C=O) groups excluding carboxylic acids is 3. The summed E-state index contributed by atoms with van der Waals surface area (Å²) in [5.74, 6) is -1.14. The zero-order chi connectivity index (χ0) is 19.5. The number of nitrogens with one attached hydrogen (secondary N) is 1. The fourth-order valence-electron chi connectivity index (χ4n) is 2.26. The first kappa shape index (κ1) is 20.2. The number of methoxy groups -OCH3 is 1. The normalized spacial score (nSPS) is 11.9. The summed E-state index contributed by atoms with van der Waals surface area (Å²) >= 11 is 0. The molecule has 0 saturated heterocycles. The van der Waals surface area contributed by atoms with Crippen LogP contribution in [0, 0.1) is 0 Å². The van der Waals surface area contributed by atoms with Crippen LogP contribution in [0.25, 0.3) is 6.08 Å². The summed E-state index contributed by atoms with van der Waals surface area (Å²) in [5, 5.41) is 0.933. The van der Waals surface area contributed by atoms with Gasteiger partial charge in [0.2, 0.25) is 6.29 Å². The number of benzene rings is 1. The highest BCUT2D eigenvalue weighted by Crippen LogP contribution is 2.05. The van der Waals surface area contributed by atoms with E-state index in [-0.39, 0.29) is 13.2 Å². The van der Waals surface area contributed by atoms with Crippen LogP contribution in [0.4, 0.5) is 0 Å². The quantitative estimate of drug-likeness (QED) is 0.388. The summed E-state index contributed by atoms with van der Waals surface area (Å²) in [6, 6.07) is 13.0. The number of hydrogen-bond acceptors (Lipinski definition) is 6. The van der Waals surface area contributed by atoms with Crippen molar-refractivity contribution in [3.05, 3.63) is 72.1 Å². The third-order valence-corrected chi connectivity index (χ3v) is 3.57. The predicted molar refractivity (Wildman–Crippen MR) is 99.8 cm³/mol. The highest BCUT2D eigenvalue weighted by molar-refractivity contribution is 6.08. The minimum atomic E-state index is -1.43. The molecule has 139 valence electrons. The SMILES string of the molecule is COCC(=O)N(NCc1ccccn1)C([C]=O)C(=O)C=Cc1ccccc1. The molecule has 0 saturated carbocycles. The molecule has 0 spiro atoms. The molecule has 1 aromatic carbocycles. The van der Waals surface area contributed by atoms with E-state index >= 15 is 0 Å². The second-order valence-corrected chi connectivity index (χ2v) is 5.52. The van der Waals surface area contributed by atoms with Gasteiger partial charge in [0.25, 0.3) is 5.91 Å². The lowest BCUT2D eigenvalue weighted by Gasteiger charge is -2.26. The fraction of sp³-hybridized carbons (Fsp3) is 0.200. The van der Waals surface area contributed by atoms with Crippen LogP contribution < -0.4 is 5.43 Å². The summed E-state index contributed by atoms with van der Waals surface area (Å²) in [6.07, 6.45) is 6.06. The van der Waals surface area contributed by atoms with Crippen molar-refractivity contribution in [1.82, 2.24) is 15.4 Å². The predicted octanol–water partition coefficient (Wildman–Crippen LogP) is 1.32. The van der Waals surface area contributed by atoms with Crippen LogP contribution in [0.1, 0.15) is 11.3 Å². The molecule has 7 heteroatoms. The molecule has 0 aliphatic rings. The lowest BCUT2D eigenvalue weighted by Crippen LogP contribution is -2.54. The van der Waals surface area contributed by atoms with Crippen molar-refractivity contribution in [2.75, 3.05) is 13.7 Å². The maximum absolute atomic E-state index is 12.5. The van der Waals surface area contributed by atoms with Gasteiger partial charge in [-0.1, -0.05) is 42.5 Å². The monoisotopic (exact) mass is 366 g/mol. The number of nitrogens with zero attached hydrogens (tertiary/aromatic N) is 2. The summed E-state index contributed by atoms with van der Waals surface area (Å²) in [6.45, 7) is -0.132. The van der Waals surface area contributed by atoms with Gasteiger partial charge in [0.05, 0.1) is 12.2 Å². The van der Waals surface area contributed by atoms with Gasteiger partial charge in [0, 0.05) is 13.3 Å². The topological polar surface area (TPSA) is 88.6 Å². The fourth-order valence-corrected chi connectivity index (χ4v) is 2.26. The maximum Gasteiger partial charge on any atom is 0.263 e. The van der Waals surface area contributed by atoms with Crippen LogP contribution in [-0.2, 0) is 25.7 Å². The molecule has 1 N–H and O–H groups in total. The molecular formula is C20H20N3O4. The standard InChI is InChI=1S/C20H20N3O4/c1-27-15-20(26)23(22-13-17-9-5-6-12-21-17)18(14-24)19(25)11-10-16-7-3-2-4-8-16/h2-12,18,22H,13,15H2,1H3. The van der Waals surface area contributed by atoms with Crippen LogP contribution in [0.2, 0.25) is 0 Å². The number of aromatic nitrogens is 1. The van der Waals surface area contributed by atoms with Crippen LogP contribution >= 0.6 is 0 Å². The van der Waals surface area contributed by atoms with E-state index in [1.807, 2.05) is 30.3 Å². The molecule has 7 nitrogen and oxygen atoms in total. The molecule has 0 fully saturated rings. The molecule has 1 radical (unpaired) electrons. The highest BCUT2D eigenvalue weighted by Gasteiger charge is 2.29. The number of pyridine rings is 1. The van der Waals surface area contributed by atoms with Gasteiger partial charge in [-0.2, -0.15) is 0 Å². The zero-order valence-electron chi connectivity index (χ0n) is 14.9. The number of carbonyl (C=O) groups is 2. The van der Waals surface area contributed by atoms with E-state index in [2.05, 4.69) is 10.4 Å². The molecule has 1 heterocycles. The van der Waals surface area contributed by atoms with E-state index in [0.29, 0.717) is 5.69 Å². The summed E-state index contributed by atoms with van der Waals surface area (Å²) in [4.78, 5) is 40.4. The Morgan fingerprint density at radius 1 is 1.22 bits per heavy atom. The van der Waals surface area contributed by atoms with E-state index in [0.717, 1.165) is 10.6 Å². The third kappa shape index (κ3) is 6.25. The zero-order valence-corrected chi connectivity index (χ0v) is 14.9. The van der Waals surface area contributed by atoms with Gasteiger partial charge in [0.1, 0.15) is 6.61 Å². The lowest BCUT2D eigenvalue weighted by atomic mass is 10.1. The van der Waals surface area contributed by atoms with Gasteiger partial charge in [-0.15, -0.1) is 0 Å². The van der Waals surface area contributed by atoms with Gasteiger partial charge < -0.3 is 4.74 Å². The van der Waals surface area contributed by atoms with Crippen LogP contribution in [-0.4, -0.2) is 47.7 Å². The molecule has 0 aliphatic heterocycles. The molecule has 2 rings (SSSR count). The van der Waals surface area contributed by atoms with E-state index in [4.69, 9.17) is 4.74 Å². The molecule has 1 atom stereocenters. The number of amides is 1. The molecular weight excluding hydrogens is 346 g/mol. The third-order valence-electron chi connectivity index (χ3n) is 3.57. The van der Waals surface area contributed by atoms with Gasteiger partial charge in [-0.25, -0.2) is 5.43 Å². The Hall–Kier alpha value is -3.16. The first-order valence-corrected chi connectivity index (χ1v) is 8.24. The maximum atomic E-state index is 12.5. The second kappa shape index (κ2) is 10.7. The largest absolute Gasteiger partial charge is 0.375 e. The molecule has 1 unspecified atom stereocenters. The van der Waals surface area contributed by atoms with Crippen LogP contribution in [0.15, 0.2) is 60.8 Å². The van der Waals surface area contributed by atoms with Crippen LogP contribution in [0.3, 0.4) is 0 Å². The van der Waals surface area contributed by atoms with Crippen molar-refractivity contribution in [2.45, 2.75) is 12.6 Å². The Morgan fingerprint density at radius 2 is 1.96 bits per heavy atom. The first-order valence-electron chi connectivity index (χ1n) is 8.24. The average Bonchev–Trinajstić information content (AvgIpc) is 2.71. The number of hydrazine groups is 1. The van der Waals surface area contributed by atoms with E-state index in [1.54, 1.807) is 36.8 Å². The van der Waals surface area contributed by atoms with E-state index in [1.165, 1.54) is 13.2 Å². The van der Waals surface area contributed by atoms with Crippen molar-refractivity contribution >= 4 is 24.1 Å². The Kier molecular flexibility index (Phi) is 8.02. The number of rotatable bonds is 10. The second-order valence-electron chi connectivity index (χ2n) is 5.52. The molecule has 1 amide bonds. The number of ether oxygens (including phenoxy) is 1. The summed E-state index contributed by atoms with van der Waals surface area (Å²) in [7, 11) is 1.35. The smallest absolute Gasteiger partial charge is 0.263 e. The van der Waals surface area contributed by atoms with Crippen molar-refractivity contribution < 1.29 is 19.1 Å². The first-order chi connectivity index (χ1) is 13.2. The summed E-state index contributed by atoms with van der Waals surface area (Å²) in [5.41, 5.74) is 4.22. The molecule has 0 aliphatic carbocycles. The minimum Gasteiger partial charge on any atom is -0.375 e. The van der Waals surface area contributed by atoms with Crippen molar-refractivity contribution in [2.24, 2.45) is 0 Å². The molecule has 0 bridgehead atoms. The average molecular weight is 366 g/mol. The van der Waals surface area contributed by atoms with E-state index in [9.17, 15) is 14.4 Å². The van der Waals surface area contributed by atoms with Crippen molar-refractivity contribution in [3.8, 4) is 0 Å². The molecule has 1 aromatic heterocycles. The highest BCUT2D eigenvalue weighted by atomic mass is 16.5. The van der Waals surface area contributed by atoms with Gasteiger partial charge in [-0.3, -0.25) is 24.4 Å². The minimum absolute atomic E-state index is 0.157. The Bertz CT molecular complexity index is 778. The van der Waals surface area contributed by atoms with Gasteiger partial charge in [-0.05, 0) is 23.8 Å². The molecule has 27 heavy (non-hydrogen) atoms. The van der Waals surface area contributed by atoms with Crippen molar-refractivity contribution in [3.63, 3.8) is 0 Å². The number of hydrogen-bond donors (Lipinski definition) is 1. The Morgan fingerprint density at radius 3 is 2.59 bits per heavy atom. The summed E-state index contributed by atoms with van der Waals surface area (Å²) < 4.78 is 4.83. The van der Waals surface area contributed by atoms with Gasteiger partial charge in [0.15, 0.2) is 11.8 Å². The lowest BCUT2D eigenvalue weighted by molar-refractivity contribution is -0.143. The van der Waals surface area contributed by atoms with Crippen molar-refractivity contribution in [1.29, 1.82) is 0 Å². The van der Waals surface area contributed by atoms with E-state index < -0.39 is 17.7 Å². The number of ketones is 1. The van der Waals surface area contributed by atoms with Crippen LogP contribution in [0.5, 0.6) is 0 Å². The molecule has 2 aromatic rings.